The third kappa shape index (κ3) is 4.54. The third-order valence-corrected chi connectivity index (χ3v) is 4.31. The first-order chi connectivity index (χ1) is 12.8. The second kappa shape index (κ2) is 7.52. The van der Waals surface area contributed by atoms with Gasteiger partial charge < -0.3 is 19.7 Å². The molecular formula is C20H21F3N2O2. The molecule has 2 aromatic carbocycles. The van der Waals surface area contributed by atoms with Crippen LogP contribution in [0.15, 0.2) is 42.6 Å². The van der Waals surface area contributed by atoms with Crippen LogP contribution in [-0.4, -0.2) is 22.6 Å². The molecule has 0 radical (unpaired) electrons. The maximum Gasteiger partial charge on any atom is 0.573 e. The van der Waals surface area contributed by atoms with Crippen LogP contribution in [0.1, 0.15) is 23.6 Å². The highest BCUT2D eigenvalue weighted by Gasteiger charge is 2.30. The van der Waals surface area contributed by atoms with E-state index in [4.69, 9.17) is 0 Å². The zero-order valence-corrected chi connectivity index (χ0v) is 15.1. The molecule has 0 unspecified atom stereocenters. The lowest BCUT2D eigenvalue weighted by Gasteiger charge is -2.10. The number of aromatic hydroxyl groups is 1. The summed E-state index contributed by atoms with van der Waals surface area (Å²) in [6.07, 6.45) is -2.85. The van der Waals surface area contributed by atoms with Crippen molar-refractivity contribution >= 4 is 10.8 Å². The van der Waals surface area contributed by atoms with Crippen LogP contribution >= 0.6 is 0 Å². The number of rotatable bonds is 6. The molecule has 0 bridgehead atoms. The summed E-state index contributed by atoms with van der Waals surface area (Å²) in [5.74, 6) is -0.120. The first kappa shape index (κ1) is 19.1. The quantitative estimate of drug-likeness (QED) is 0.653. The Labute approximate surface area is 155 Å². The number of halogens is 3. The van der Waals surface area contributed by atoms with E-state index in [1.165, 1.54) is 12.1 Å². The van der Waals surface area contributed by atoms with Crippen LogP contribution in [0.2, 0.25) is 0 Å². The molecular weight excluding hydrogens is 357 g/mol. The highest BCUT2D eigenvalue weighted by Crippen LogP contribution is 2.32. The van der Waals surface area contributed by atoms with Crippen molar-refractivity contribution < 1.29 is 23.0 Å². The van der Waals surface area contributed by atoms with Gasteiger partial charge in [-0.1, -0.05) is 25.1 Å². The molecule has 0 saturated carbocycles. The monoisotopic (exact) mass is 378 g/mol. The standard InChI is InChI=1S/C20H21F3N2O2/c1-3-24-10-15-8-13(2)18-16(9-15)12-25(19(18)26)11-14-4-6-17(7-5-14)27-20(21,22)23/h4-9,12,24,26H,3,10-11H2,1-2H3. The van der Waals surface area contributed by atoms with Crippen LogP contribution in [0.3, 0.4) is 0 Å². The van der Waals surface area contributed by atoms with Crippen molar-refractivity contribution in [3.63, 3.8) is 0 Å². The second-order valence-electron chi connectivity index (χ2n) is 6.43. The Morgan fingerprint density at radius 2 is 1.81 bits per heavy atom. The van der Waals surface area contributed by atoms with E-state index in [1.807, 2.05) is 32.2 Å². The average Bonchev–Trinajstić information content (AvgIpc) is 2.89. The van der Waals surface area contributed by atoms with Crippen molar-refractivity contribution in [3.8, 4) is 11.6 Å². The molecule has 0 fully saturated rings. The van der Waals surface area contributed by atoms with E-state index in [9.17, 15) is 18.3 Å². The zero-order valence-electron chi connectivity index (χ0n) is 15.1. The van der Waals surface area contributed by atoms with Crippen LogP contribution in [0, 0.1) is 6.92 Å². The van der Waals surface area contributed by atoms with Gasteiger partial charge in [-0.15, -0.1) is 13.2 Å². The molecule has 2 N–H and O–H groups in total. The largest absolute Gasteiger partial charge is 0.573 e. The smallest absolute Gasteiger partial charge is 0.494 e. The SMILES string of the molecule is CCNCc1cc(C)c2c(O)n(Cc3ccc(OC(F)(F)F)cc3)cc2c1. The predicted molar refractivity (Wildman–Crippen MR) is 97.9 cm³/mol. The maximum atomic E-state index is 12.2. The predicted octanol–water partition coefficient (Wildman–Crippen LogP) is 4.71. The number of nitrogens with zero attached hydrogens (tertiary/aromatic N) is 1. The lowest BCUT2D eigenvalue weighted by molar-refractivity contribution is -0.274. The lowest BCUT2D eigenvalue weighted by atomic mass is 10.1. The Bertz CT molecular complexity index is 931. The minimum absolute atomic E-state index is 0.146. The summed E-state index contributed by atoms with van der Waals surface area (Å²) >= 11 is 0. The molecule has 0 aliphatic heterocycles. The number of nitrogens with one attached hydrogen (secondary N) is 1. The Morgan fingerprint density at radius 3 is 2.44 bits per heavy atom. The van der Waals surface area contributed by atoms with E-state index < -0.39 is 6.36 Å². The lowest BCUT2D eigenvalue weighted by Crippen LogP contribution is -2.17. The fourth-order valence-corrected chi connectivity index (χ4v) is 3.16. The molecule has 1 aromatic heterocycles. The number of fused-ring (bicyclic) bond motifs is 1. The Morgan fingerprint density at radius 1 is 1.11 bits per heavy atom. The number of ether oxygens (including phenoxy) is 1. The molecule has 0 aliphatic rings. The number of aryl methyl sites for hydroxylation is 1. The summed E-state index contributed by atoms with van der Waals surface area (Å²) < 4.78 is 42.3. The van der Waals surface area contributed by atoms with E-state index in [2.05, 4.69) is 10.1 Å². The minimum Gasteiger partial charge on any atom is -0.494 e. The maximum absolute atomic E-state index is 12.2. The number of aromatic nitrogens is 1. The van der Waals surface area contributed by atoms with Gasteiger partial charge in [0, 0.05) is 23.5 Å². The van der Waals surface area contributed by atoms with Crippen molar-refractivity contribution in [2.45, 2.75) is 33.3 Å². The van der Waals surface area contributed by atoms with Crippen LogP contribution in [0.5, 0.6) is 11.6 Å². The molecule has 27 heavy (non-hydrogen) atoms. The van der Waals surface area contributed by atoms with Crippen molar-refractivity contribution in [2.24, 2.45) is 0 Å². The first-order valence-corrected chi connectivity index (χ1v) is 8.63. The minimum atomic E-state index is -4.71. The summed E-state index contributed by atoms with van der Waals surface area (Å²) in [5.41, 5.74) is 2.86. The fraction of sp³-hybridized carbons (Fsp3) is 0.300. The molecule has 0 spiro atoms. The second-order valence-corrected chi connectivity index (χ2v) is 6.43. The van der Waals surface area contributed by atoms with E-state index in [1.54, 1.807) is 16.7 Å². The highest BCUT2D eigenvalue weighted by molar-refractivity contribution is 5.91. The molecule has 3 aromatic rings. The first-order valence-electron chi connectivity index (χ1n) is 8.63. The van der Waals surface area contributed by atoms with Crippen LogP contribution in [-0.2, 0) is 13.1 Å². The highest BCUT2D eigenvalue weighted by atomic mass is 19.4. The van der Waals surface area contributed by atoms with Crippen LogP contribution < -0.4 is 10.1 Å². The number of alkyl halides is 3. The number of hydrogen-bond donors (Lipinski definition) is 2. The van der Waals surface area contributed by atoms with Gasteiger partial charge >= 0.3 is 6.36 Å². The van der Waals surface area contributed by atoms with Crippen molar-refractivity contribution in [1.82, 2.24) is 9.88 Å². The molecule has 7 heteroatoms. The molecule has 0 saturated heterocycles. The summed E-state index contributed by atoms with van der Waals surface area (Å²) in [6, 6.07) is 9.70. The van der Waals surface area contributed by atoms with Gasteiger partial charge in [-0.25, -0.2) is 0 Å². The summed E-state index contributed by atoms with van der Waals surface area (Å²) in [4.78, 5) is 0. The fourth-order valence-electron chi connectivity index (χ4n) is 3.16. The molecule has 3 rings (SSSR count). The van der Waals surface area contributed by atoms with Gasteiger partial charge in [0.2, 0.25) is 0 Å². The number of benzene rings is 2. The van der Waals surface area contributed by atoms with E-state index in [-0.39, 0.29) is 11.6 Å². The zero-order chi connectivity index (χ0) is 19.6. The van der Waals surface area contributed by atoms with E-state index in [0.717, 1.165) is 40.6 Å². The van der Waals surface area contributed by atoms with Crippen molar-refractivity contribution in [1.29, 1.82) is 0 Å². The Balaban J connectivity index is 1.84. The Hall–Kier alpha value is -2.67. The van der Waals surface area contributed by atoms with Crippen molar-refractivity contribution in [2.75, 3.05) is 6.54 Å². The average molecular weight is 378 g/mol. The molecule has 0 amide bonds. The van der Waals surface area contributed by atoms with Crippen LogP contribution in [0.25, 0.3) is 10.8 Å². The van der Waals surface area contributed by atoms with Crippen LogP contribution in [0.4, 0.5) is 13.2 Å². The third-order valence-electron chi connectivity index (χ3n) is 4.31. The molecule has 144 valence electrons. The van der Waals surface area contributed by atoms with Gasteiger partial charge in [0.15, 0.2) is 5.88 Å². The van der Waals surface area contributed by atoms with Gasteiger partial charge in [-0.05, 0) is 48.4 Å². The summed E-state index contributed by atoms with van der Waals surface area (Å²) in [7, 11) is 0. The molecule has 0 aliphatic carbocycles. The van der Waals surface area contributed by atoms with Crippen molar-refractivity contribution in [3.05, 3.63) is 59.3 Å². The molecule has 1 heterocycles. The normalized spacial score (nSPS) is 11.9. The van der Waals surface area contributed by atoms with Gasteiger partial charge in [0.25, 0.3) is 0 Å². The van der Waals surface area contributed by atoms with Gasteiger partial charge in [-0.2, -0.15) is 0 Å². The van der Waals surface area contributed by atoms with E-state index >= 15 is 0 Å². The Kier molecular flexibility index (Phi) is 5.32. The summed E-state index contributed by atoms with van der Waals surface area (Å²) in [5, 5.41) is 15.6. The summed E-state index contributed by atoms with van der Waals surface area (Å²) in [6.45, 7) is 5.95. The number of hydrogen-bond acceptors (Lipinski definition) is 3. The van der Waals surface area contributed by atoms with Gasteiger partial charge in [-0.3, -0.25) is 0 Å². The molecule has 4 nitrogen and oxygen atoms in total. The topological polar surface area (TPSA) is 46.4 Å². The van der Waals surface area contributed by atoms with Gasteiger partial charge in [0.1, 0.15) is 5.75 Å². The van der Waals surface area contributed by atoms with E-state index in [0.29, 0.717) is 6.54 Å². The molecule has 0 atom stereocenters. The van der Waals surface area contributed by atoms with Gasteiger partial charge in [0.05, 0.1) is 6.54 Å².